The normalized spacial score (nSPS) is 12.6. The average Bonchev–Trinajstić information content (AvgIpc) is 3.17. The highest BCUT2D eigenvalue weighted by atomic mass is 35.5. The maximum atomic E-state index is 6.16. The summed E-state index contributed by atoms with van der Waals surface area (Å²) in [5.41, 5.74) is 3.03. The molecule has 108 valence electrons. The second kappa shape index (κ2) is 5.31. The fourth-order valence-corrected chi connectivity index (χ4v) is 2.87. The Kier molecular flexibility index (Phi) is 3.16. The Morgan fingerprint density at radius 3 is 2.77 bits per heavy atom. The van der Waals surface area contributed by atoms with E-state index in [-0.39, 0.29) is 6.04 Å². The SMILES string of the molecule is Clc1cccc(C(c2nc3ccccc3[nH]2)n2ccnc2)c1. The first kappa shape index (κ1) is 13.1. The van der Waals surface area contributed by atoms with E-state index in [0.717, 1.165) is 22.4 Å². The van der Waals surface area contributed by atoms with Gasteiger partial charge in [0, 0.05) is 17.4 Å². The highest BCUT2D eigenvalue weighted by Crippen LogP contribution is 2.28. The molecule has 2 aromatic heterocycles. The quantitative estimate of drug-likeness (QED) is 0.620. The third-order valence-corrected chi connectivity index (χ3v) is 3.89. The van der Waals surface area contributed by atoms with Crippen LogP contribution in [0.1, 0.15) is 17.4 Å². The van der Waals surface area contributed by atoms with Crippen molar-refractivity contribution in [1.29, 1.82) is 0 Å². The van der Waals surface area contributed by atoms with Gasteiger partial charge in [-0.15, -0.1) is 0 Å². The largest absolute Gasteiger partial charge is 0.340 e. The van der Waals surface area contributed by atoms with Crippen LogP contribution in [0.3, 0.4) is 0 Å². The van der Waals surface area contributed by atoms with Crippen LogP contribution >= 0.6 is 11.6 Å². The third-order valence-electron chi connectivity index (χ3n) is 3.65. The van der Waals surface area contributed by atoms with Crippen LogP contribution < -0.4 is 0 Å². The van der Waals surface area contributed by atoms with Gasteiger partial charge in [-0.25, -0.2) is 9.97 Å². The van der Waals surface area contributed by atoms with E-state index in [4.69, 9.17) is 16.6 Å². The number of nitrogens with zero attached hydrogens (tertiary/aromatic N) is 3. The predicted molar refractivity (Wildman–Crippen MR) is 87.0 cm³/mol. The monoisotopic (exact) mass is 308 g/mol. The molecule has 0 aliphatic carbocycles. The number of benzene rings is 2. The van der Waals surface area contributed by atoms with Crippen molar-refractivity contribution in [1.82, 2.24) is 19.5 Å². The van der Waals surface area contributed by atoms with Crippen LogP contribution in [0.4, 0.5) is 0 Å². The Labute approximate surface area is 132 Å². The Hall–Kier alpha value is -2.59. The molecule has 1 atom stereocenters. The molecule has 22 heavy (non-hydrogen) atoms. The van der Waals surface area contributed by atoms with Crippen molar-refractivity contribution < 1.29 is 0 Å². The smallest absolute Gasteiger partial charge is 0.135 e. The molecule has 1 unspecified atom stereocenters. The van der Waals surface area contributed by atoms with Gasteiger partial charge >= 0.3 is 0 Å². The minimum absolute atomic E-state index is 0.0893. The number of para-hydroxylation sites is 2. The van der Waals surface area contributed by atoms with Crippen molar-refractivity contribution in [3.63, 3.8) is 0 Å². The maximum Gasteiger partial charge on any atom is 0.135 e. The van der Waals surface area contributed by atoms with Crippen molar-refractivity contribution in [2.24, 2.45) is 0 Å². The summed E-state index contributed by atoms with van der Waals surface area (Å²) in [6.45, 7) is 0. The zero-order chi connectivity index (χ0) is 14.9. The van der Waals surface area contributed by atoms with E-state index < -0.39 is 0 Å². The Morgan fingerprint density at radius 2 is 2.00 bits per heavy atom. The number of nitrogens with one attached hydrogen (secondary N) is 1. The Balaban J connectivity index is 1.90. The van der Waals surface area contributed by atoms with Gasteiger partial charge in [-0.1, -0.05) is 35.9 Å². The fourth-order valence-electron chi connectivity index (χ4n) is 2.67. The van der Waals surface area contributed by atoms with Crippen molar-refractivity contribution >= 4 is 22.6 Å². The minimum Gasteiger partial charge on any atom is -0.340 e. The van der Waals surface area contributed by atoms with E-state index >= 15 is 0 Å². The van der Waals surface area contributed by atoms with Crippen LogP contribution in [-0.4, -0.2) is 19.5 Å². The Bertz CT molecular complexity index is 878. The van der Waals surface area contributed by atoms with Crippen LogP contribution in [0.2, 0.25) is 5.02 Å². The van der Waals surface area contributed by atoms with E-state index in [9.17, 15) is 0 Å². The van der Waals surface area contributed by atoms with Gasteiger partial charge in [0.15, 0.2) is 0 Å². The summed E-state index contributed by atoms with van der Waals surface area (Å²) in [5.74, 6) is 0.862. The van der Waals surface area contributed by atoms with Crippen LogP contribution in [-0.2, 0) is 0 Å². The number of fused-ring (bicyclic) bond motifs is 1. The molecular formula is C17H13ClN4. The molecule has 0 bridgehead atoms. The van der Waals surface area contributed by atoms with E-state index in [0.29, 0.717) is 5.02 Å². The molecule has 0 saturated carbocycles. The summed E-state index contributed by atoms with van der Waals surface area (Å²) < 4.78 is 2.02. The van der Waals surface area contributed by atoms with Gasteiger partial charge in [0.05, 0.1) is 17.4 Å². The first-order valence-electron chi connectivity index (χ1n) is 6.99. The van der Waals surface area contributed by atoms with Gasteiger partial charge in [0.2, 0.25) is 0 Å². The molecule has 4 rings (SSSR count). The number of hydrogen-bond donors (Lipinski definition) is 1. The summed E-state index contributed by atoms with van der Waals surface area (Å²) in [6, 6.07) is 15.7. The highest BCUT2D eigenvalue weighted by Gasteiger charge is 2.20. The molecule has 0 amide bonds. The number of aromatic amines is 1. The fraction of sp³-hybridized carbons (Fsp3) is 0.0588. The van der Waals surface area contributed by atoms with Crippen molar-refractivity contribution in [3.05, 3.63) is 83.7 Å². The minimum atomic E-state index is -0.0893. The standard InChI is InChI=1S/C17H13ClN4/c18-13-5-3-4-12(10-13)16(22-9-8-19-11-22)17-20-14-6-1-2-7-15(14)21-17/h1-11,16H,(H,20,21). The lowest BCUT2D eigenvalue weighted by Crippen LogP contribution is -2.12. The van der Waals surface area contributed by atoms with Gasteiger partial charge in [0.25, 0.3) is 0 Å². The number of H-pyrrole nitrogens is 1. The Morgan fingerprint density at radius 1 is 1.09 bits per heavy atom. The second-order valence-corrected chi connectivity index (χ2v) is 5.54. The van der Waals surface area contributed by atoms with Gasteiger partial charge < -0.3 is 9.55 Å². The van der Waals surface area contributed by atoms with Gasteiger partial charge in [0.1, 0.15) is 11.9 Å². The zero-order valence-electron chi connectivity index (χ0n) is 11.6. The molecule has 5 heteroatoms. The highest BCUT2D eigenvalue weighted by molar-refractivity contribution is 6.30. The van der Waals surface area contributed by atoms with Crippen LogP contribution in [0.25, 0.3) is 11.0 Å². The molecule has 2 aromatic carbocycles. The number of halogens is 1. The van der Waals surface area contributed by atoms with E-state index in [2.05, 4.69) is 9.97 Å². The lowest BCUT2D eigenvalue weighted by Gasteiger charge is -2.17. The van der Waals surface area contributed by atoms with Crippen molar-refractivity contribution in [3.8, 4) is 0 Å². The van der Waals surface area contributed by atoms with E-state index in [1.165, 1.54) is 0 Å². The number of aromatic nitrogens is 4. The molecule has 0 spiro atoms. The molecule has 0 aliphatic rings. The molecule has 0 saturated heterocycles. The van der Waals surface area contributed by atoms with E-state index in [1.807, 2.05) is 59.3 Å². The third kappa shape index (κ3) is 2.27. The summed E-state index contributed by atoms with van der Waals surface area (Å²) in [4.78, 5) is 12.3. The lowest BCUT2D eigenvalue weighted by molar-refractivity contribution is 0.644. The van der Waals surface area contributed by atoms with Gasteiger partial charge in [-0.05, 0) is 29.8 Å². The summed E-state index contributed by atoms with van der Waals surface area (Å²) in [6.07, 6.45) is 5.48. The molecule has 4 nitrogen and oxygen atoms in total. The zero-order valence-corrected chi connectivity index (χ0v) is 12.4. The molecule has 2 heterocycles. The lowest BCUT2D eigenvalue weighted by atomic mass is 10.1. The van der Waals surface area contributed by atoms with Gasteiger partial charge in [-0.3, -0.25) is 0 Å². The van der Waals surface area contributed by atoms with Crippen molar-refractivity contribution in [2.45, 2.75) is 6.04 Å². The number of hydrogen-bond acceptors (Lipinski definition) is 2. The topological polar surface area (TPSA) is 46.5 Å². The van der Waals surface area contributed by atoms with Gasteiger partial charge in [-0.2, -0.15) is 0 Å². The van der Waals surface area contributed by atoms with Crippen LogP contribution in [0.15, 0.2) is 67.3 Å². The van der Waals surface area contributed by atoms with E-state index in [1.54, 1.807) is 12.5 Å². The summed E-state index contributed by atoms with van der Waals surface area (Å²) in [7, 11) is 0. The number of imidazole rings is 2. The van der Waals surface area contributed by atoms with Crippen LogP contribution in [0, 0.1) is 0 Å². The maximum absolute atomic E-state index is 6.16. The molecule has 0 fully saturated rings. The molecule has 0 aliphatic heterocycles. The summed E-state index contributed by atoms with van der Waals surface area (Å²) >= 11 is 6.16. The van der Waals surface area contributed by atoms with Crippen molar-refractivity contribution in [2.75, 3.05) is 0 Å². The number of rotatable bonds is 3. The second-order valence-electron chi connectivity index (χ2n) is 5.11. The molecule has 1 N–H and O–H groups in total. The average molecular weight is 309 g/mol. The predicted octanol–water partition coefficient (Wildman–Crippen LogP) is 4.05. The molecule has 4 aromatic rings. The van der Waals surface area contributed by atoms with Crippen LogP contribution in [0.5, 0.6) is 0 Å². The first-order valence-corrected chi connectivity index (χ1v) is 7.36. The summed E-state index contributed by atoms with van der Waals surface area (Å²) in [5, 5.41) is 0.707. The molecule has 0 radical (unpaired) electrons. The first-order chi connectivity index (χ1) is 10.8. The molecular weight excluding hydrogens is 296 g/mol.